The molecule has 1 aliphatic rings. The predicted molar refractivity (Wildman–Crippen MR) is 107 cm³/mol. The maximum Gasteiger partial charge on any atom is 0.433 e. The van der Waals surface area contributed by atoms with Gasteiger partial charge in [0, 0.05) is 49.4 Å². The van der Waals surface area contributed by atoms with Crippen LogP contribution in [0.25, 0.3) is 11.4 Å². The molecule has 0 spiro atoms. The molecule has 0 saturated carbocycles. The summed E-state index contributed by atoms with van der Waals surface area (Å²) in [4.78, 5) is 29.7. The van der Waals surface area contributed by atoms with Crippen molar-refractivity contribution in [2.75, 3.05) is 23.3 Å². The van der Waals surface area contributed by atoms with E-state index in [1.54, 1.807) is 35.4 Å². The zero-order valence-electron chi connectivity index (χ0n) is 16.2. The van der Waals surface area contributed by atoms with E-state index in [1.807, 2.05) is 0 Å². The van der Waals surface area contributed by atoms with Crippen molar-refractivity contribution >= 4 is 17.5 Å². The molecule has 1 fully saturated rings. The highest BCUT2D eigenvalue weighted by Gasteiger charge is 2.35. The molecule has 4 heterocycles. The molecule has 1 atom stereocenters. The number of amides is 2. The molecular weight excluding hydrogens is 411 g/mol. The SMILES string of the molecule is O=C(Nc1cccnc1)NC1CCN(c2cc(C(F)(F)F)nc(-c3ccncc3)n2)C1. The maximum absolute atomic E-state index is 13.4. The molecule has 0 aliphatic carbocycles. The van der Waals surface area contributed by atoms with Gasteiger partial charge < -0.3 is 15.5 Å². The van der Waals surface area contributed by atoms with E-state index in [1.165, 1.54) is 18.6 Å². The quantitative estimate of drug-likeness (QED) is 0.660. The van der Waals surface area contributed by atoms with Crippen LogP contribution in [0.4, 0.5) is 29.5 Å². The van der Waals surface area contributed by atoms with E-state index in [9.17, 15) is 18.0 Å². The summed E-state index contributed by atoms with van der Waals surface area (Å²) < 4.78 is 40.2. The van der Waals surface area contributed by atoms with E-state index in [-0.39, 0.29) is 17.7 Å². The number of anilines is 2. The molecule has 4 rings (SSSR count). The number of nitrogens with one attached hydrogen (secondary N) is 2. The summed E-state index contributed by atoms with van der Waals surface area (Å²) in [6.45, 7) is 0.770. The third kappa shape index (κ3) is 5.05. The van der Waals surface area contributed by atoms with Gasteiger partial charge in [-0.1, -0.05) is 0 Å². The molecule has 8 nitrogen and oxygen atoms in total. The van der Waals surface area contributed by atoms with Gasteiger partial charge in [0.25, 0.3) is 0 Å². The van der Waals surface area contributed by atoms with Gasteiger partial charge in [-0.3, -0.25) is 9.97 Å². The molecule has 1 saturated heterocycles. The molecule has 1 unspecified atom stereocenters. The van der Waals surface area contributed by atoms with Gasteiger partial charge in [0.1, 0.15) is 5.82 Å². The third-order valence-electron chi connectivity index (χ3n) is 4.71. The second-order valence-corrected chi connectivity index (χ2v) is 6.94. The Morgan fingerprint density at radius 2 is 1.90 bits per heavy atom. The number of pyridine rings is 2. The first-order valence-electron chi connectivity index (χ1n) is 9.47. The van der Waals surface area contributed by atoms with Gasteiger partial charge in [-0.25, -0.2) is 14.8 Å². The lowest BCUT2D eigenvalue weighted by Gasteiger charge is -2.20. The molecule has 0 aromatic carbocycles. The molecule has 3 aromatic rings. The first-order chi connectivity index (χ1) is 14.9. The van der Waals surface area contributed by atoms with Crippen LogP contribution in [0.1, 0.15) is 12.1 Å². The van der Waals surface area contributed by atoms with Crippen LogP contribution < -0.4 is 15.5 Å². The topological polar surface area (TPSA) is 95.9 Å². The highest BCUT2D eigenvalue weighted by atomic mass is 19.4. The smallest absolute Gasteiger partial charge is 0.354 e. The van der Waals surface area contributed by atoms with Gasteiger partial charge in [0.2, 0.25) is 0 Å². The molecule has 3 aromatic heterocycles. The Morgan fingerprint density at radius 3 is 2.61 bits per heavy atom. The monoisotopic (exact) mass is 429 g/mol. The number of hydrogen-bond acceptors (Lipinski definition) is 6. The molecule has 1 aliphatic heterocycles. The maximum atomic E-state index is 13.4. The van der Waals surface area contributed by atoms with Crippen LogP contribution in [0.2, 0.25) is 0 Å². The van der Waals surface area contributed by atoms with E-state index < -0.39 is 17.9 Å². The number of carbonyl (C=O) groups is 1. The van der Waals surface area contributed by atoms with Crippen molar-refractivity contribution in [3.8, 4) is 11.4 Å². The van der Waals surface area contributed by atoms with E-state index in [0.29, 0.717) is 30.8 Å². The lowest BCUT2D eigenvalue weighted by molar-refractivity contribution is -0.141. The van der Waals surface area contributed by atoms with Crippen molar-refractivity contribution in [1.82, 2.24) is 25.3 Å². The number of hydrogen-bond donors (Lipinski definition) is 2. The fraction of sp³-hybridized carbons (Fsp3) is 0.250. The molecule has 2 amide bonds. The summed E-state index contributed by atoms with van der Waals surface area (Å²) in [5.74, 6) is 0.129. The van der Waals surface area contributed by atoms with Crippen LogP contribution in [-0.4, -0.2) is 45.1 Å². The van der Waals surface area contributed by atoms with Crippen molar-refractivity contribution in [3.05, 3.63) is 60.8 Å². The summed E-state index contributed by atoms with van der Waals surface area (Å²) in [7, 11) is 0. The highest BCUT2D eigenvalue weighted by Crippen LogP contribution is 2.32. The first kappa shape index (κ1) is 20.5. The second-order valence-electron chi connectivity index (χ2n) is 6.94. The number of rotatable bonds is 4. The van der Waals surface area contributed by atoms with Crippen molar-refractivity contribution in [1.29, 1.82) is 0 Å². The van der Waals surface area contributed by atoms with E-state index in [4.69, 9.17) is 0 Å². The van der Waals surface area contributed by atoms with E-state index in [2.05, 4.69) is 30.6 Å². The van der Waals surface area contributed by atoms with Gasteiger partial charge in [-0.2, -0.15) is 13.2 Å². The van der Waals surface area contributed by atoms with Crippen LogP contribution in [0, 0.1) is 0 Å². The van der Waals surface area contributed by atoms with E-state index >= 15 is 0 Å². The standard InChI is InChI=1S/C20H18F3N7O/c21-20(22,23)16-10-17(29-18(28-16)13-3-7-24-8-4-13)30-9-5-15(12-30)27-19(31)26-14-2-1-6-25-11-14/h1-4,6-8,10-11,15H,5,9,12H2,(H2,26,27,31). The van der Waals surface area contributed by atoms with Gasteiger partial charge in [0.05, 0.1) is 11.9 Å². The zero-order chi connectivity index (χ0) is 21.8. The fourth-order valence-corrected chi connectivity index (χ4v) is 3.25. The molecule has 11 heteroatoms. The summed E-state index contributed by atoms with van der Waals surface area (Å²) >= 11 is 0. The van der Waals surface area contributed by atoms with E-state index in [0.717, 1.165) is 6.07 Å². The van der Waals surface area contributed by atoms with Gasteiger partial charge in [-0.05, 0) is 30.7 Å². The van der Waals surface area contributed by atoms with Crippen molar-refractivity contribution in [2.45, 2.75) is 18.6 Å². The average molecular weight is 429 g/mol. The minimum Gasteiger partial charge on any atom is -0.354 e. The number of aromatic nitrogens is 4. The van der Waals surface area contributed by atoms with Crippen LogP contribution in [-0.2, 0) is 6.18 Å². The molecule has 160 valence electrons. The number of halogens is 3. The molecular formula is C20H18F3N7O. The summed E-state index contributed by atoms with van der Waals surface area (Å²) in [5.41, 5.74) is -0.0374. The molecule has 0 radical (unpaired) electrons. The Hall–Kier alpha value is -3.76. The normalized spacial score (nSPS) is 16.2. The largest absolute Gasteiger partial charge is 0.433 e. The highest BCUT2D eigenvalue weighted by molar-refractivity contribution is 5.89. The Kier molecular flexibility index (Phi) is 5.65. The lowest BCUT2D eigenvalue weighted by atomic mass is 10.2. The number of carbonyl (C=O) groups excluding carboxylic acids is 1. The van der Waals surface area contributed by atoms with Crippen molar-refractivity contribution in [3.63, 3.8) is 0 Å². The fourth-order valence-electron chi connectivity index (χ4n) is 3.25. The van der Waals surface area contributed by atoms with Gasteiger partial charge in [0.15, 0.2) is 11.5 Å². The Morgan fingerprint density at radius 1 is 1.10 bits per heavy atom. The van der Waals surface area contributed by atoms with Crippen molar-refractivity contribution < 1.29 is 18.0 Å². The molecule has 0 bridgehead atoms. The first-order valence-corrected chi connectivity index (χ1v) is 9.47. The predicted octanol–water partition coefficient (Wildman–Crippen LogP) is 3.35. The number of nitrogens with zero attached hydrogens (tertiary/aromatic N) is 5. The Bertz CT molecular complexity index is 1050. The lowest BCUT2D eigenvalue weighted by Crippen LogP contribution is -2.39. The Balaban J connectivity index is 1.50. The van der Waals surface area contributed by atoms with Crippen LogP contribution in [0.15, 0.2) is 55.1 Å². The summed E-state index contributed by atoms with van der Waals surface area (Å²) in [5, 5.41) is 5.50. The number of urea groups is 1. The summed E-state index contributed by atoms with van der Waals surface area (Å²) in [6, 6.07) is 6.78. The molecule has 31 heavy (non-hydrogen) atoms. The van der Waals surface area contributed by atoms with Gasteiger partial charge in [-0.15, -0.1) is 0 Å². The average Bonchev–Trinajstić information content (AvgIpc) is 3.22. The van der Waals surface area contributed by atoms with Crippen LogP contribution in [0.5, 0.6) is 0 Å². The Labute approximate surface area is 175 Å². The minimum absolute atomic E-state index is 0.0297. The molecule has 2 N–H and O–H groups in total. The third-order valence-corrected chi connectivity index (χ3v) is 4.71. The number of alkyl halides is 3. The summed E-state index contributed by atoms with van der Waals surface area (Å²) in [6.07, 6.45) is 2.00. The minimum atomic E-state index is -4.61. The van der Waals surface area contributed by atoms with Crippen LogP contribution in [0.3, 0.4) is 0 Å². The second kappa shape index (κ2) is 8.54. The van der Waals surface area contributed by atoms with Crippen molar-refractivity contribution in [2.24, 2.45) is 0 Å². The van der Waals surface area contributed by atoms with Crippen LogP contribution >= 0.6 is 0 Å². The zero-order valence-corrected chi connectivity index (χ0v) is 16.2. The van der Waals surface area contributed by atoms with Gasteiger partial charge >= 0.3 is 12.2 Å².